The number of nitrogens with zero attached hydrogens (tertiary/aromatic N) is 5. The fourth-order valence-electron chi connectivity index (χ4n) is 6.46. The van der Waals surface area contributed by atoms with E-state index < -0.39 is 23.3 Å². The van der Waals surface area contributed by atoms with Gasteiger partial charge in [-0.3, -0.25) is 26.3 Å². The molecule has 0 saturated carbocycles. The van der Waals surface area contributed by atoms with Crippen LogP contribution in [-0.4, -0.2) is 25.0 Å². The maximum atomic E-state index is 13.4. The molecule has 0 spiro atoms. The molecule has 6 nitrogen and oxygen atoms in total. The predicted molar refractivity (Wildman–Crippen MR) is 254 cm³/mol. The number of pyridine rings is 4. The zero-order valence-electron chi connectivity index (χ0n) is 37.3. The average molecular weight is 1500 g/mol. The Balaban J connectivity index is 0.000000214. The third-order valence-electron chi connectivity index (χ3n) is 9.70. The molecule has 0 unspecified atom stereocenters. The van der Waals surface area contributed by atoms with Crippen LogP contribution in [0.15, 0.2) is 207 Å². The summed E-state index contributed by atoms with van der Waals surface area (Å²) in [5.41, 5.74) is 7.88. The molecule has 3 radical (unpaired) electrons. The van der Waals surface area contributed by atoms with Gasteiger partial charge in [0.05, 0.1) is 6.61 Å². The minimum Gasteiger partial charge on any atom is -0.392 e. The van der Waals surface area contributed by atoms with Crippen molar-refractivity contribution in [3.05, 3.63) is 272 Å². The van der Waals surface area contributed by atoms with Gasteiger partial charge in [0.15, 0.2) is 0 Å². The minimum atomic E-state index is -0.720. The molecule has 0 aliphatic heterocycles. The van der Waals surface area contributed by atoms with E-state index in [9.17, 15) is 26.3 Å². The van der Waals surface area contributed by atoms with Crippen molar-refractivity contribution in [3.63, 3.8) is 0 Å². The summed E-state index contributed by atoms with van der Waals surface area (Å²) in [6.07, 6.45) is 6.47. The van der Waals surface area contributed by atoms with Gasteiger partial charge < -0.3 is 29.9 Å². The van der Waals surface area contributed by atoms with Crippen molar-refractivity contribution in [2.45, 2.75) is 6.61 Å². The van der Waals surface area contributed by atoms with Gasteiger partial charge in [0.25, 0.3) is 0 Å². The van der Waals surface area contributed by atoms with Crippen LogP contribution in [0.3, 0.4) is 0 Å². The Kier molecular flexibility index (Phi) is 23.7. The van der Waals surface area contributed by atoms with Gasteiger partial charge in [0.1, 0.15) is 0 Å². The molecule has 15 heteroatoms. The summed E-state index contributed by atoms with van der Waals surface area (Å²) in [7, 11) is 0. The van der Waals surface area contributed by atoms with E-state index in [1.807, 2.05) is 66.7 Å². The smallest absolute Gasteiger partial charge is 0.0675 e. The van der Waals surface area contributed by atoms with E-state index in [2.05, 4.69) is 73.4 Å². The van der Waals surface area contributed by atoms with Crippen LogP contribution < -0.4 is 4.90 Å². The van der Waals surface area contributed by atoms with Crippen molar-refractivity contribution in [3.8, 4) is 45.0 Å². The first-order valence-electron chi connectivity index (χ1n) is 21.0. The number of para-hydroxylation sites is 2. The van der Waals surface area contributed by atoms with Gasteiger partial charge >= 0.3 is 0 Å². The first-order chi connectivity index (χ1) is 33.6. The predicted octanol–water partition coefficient (Wildman–Crippen LogP) is 14.0. The van der Waals surface area contributed by atoms with Crippen LogP contribution in [-0.2, 0) is 66.9 Å². The van der Waals surface area contributed by atoms with Crippen molar-refractivity contribution >= 4 is 17.1 Å². The Bertz CT molecular complexity index is 3130. The first kappa shape index (κ1) is 57.8. The molecule has 0 bridgehead atoms. The van der Waals surface area contributed by atoms with Gasteiger partial charge in [0, 0.05) is 137 Å². The number of aliphatic hydroxyl groups excluding tert-OH is 1. The largest absolute Gasteiger partial charge is 0.392 e. The summed E-state index contributed by atoms with van der Waals surface area (Å²) in [4.78, 5) is 18.6. The van der Waals surface area contributed by atoms with Crippen LogP contribution in [0.25, 0.3) is 45.0 Å². The summed E-state index contributed by atoms with van der Waals surface area (Å²) < 4.78 is 77.6. The molecule has 10 aromatic rings. The Labute approximate surface area is 453 Å². The third-order valence-corrected chi connectivity index (χ3v) is 9.70. The molecule has 10 rings (SSSR count). The van der Waals surface area contributed by atoms with Crippen LogP contribution >= 0.6 is 0 Å². The van der Waals surface area contributed by atoms with Crippen LogP contribution in [0.2, 0.25) is 0 Å². The van der Waals surface area contributed by atoms with Crippen molar-refractivity contribution in [1.82, 2.24) is 19.9 Å². The molecule has 0 atom stereocenters. The van der Waals surface area contributed by atoms with Gasteiger partial charge in [-0.15, -0.1) is 83.9 Å². The van der Waals surface area contributed by atoms with E-state index in [-0.39, 0.29) is 89.7 Å². The summed E-state index contributed by atoms with van der Waals surface area (Å²) >= 11 is 0. The average Bonchev–Trinajstić information content (AvgIpc) is 3.39. The molecule has 0 amide bonds. The van der Waals surface area contributed by atoms with Gasteiger partial charge in [-0.05, 0) is 76.9 Å². The van der Waals surface area contributed by atoms with Gasteiger partial charge in [0.2, 0.25) is 0 Å². The third kappa shape index (κ3) is 16.6. The summed E-state index contributed by atoms with van der Waals surface area (Å²) in [5, 5.41) is 8.93. The second kappa shape index (κ2) is 29.5. The topological polar surface area (TPSA) is 75.0 Å². The van der Waals surface area contributed by atoms with E-state index in [4.69, 9.17) is 5.11 Å². The van der Waals surface area contributed by atoms with Gasteiger partial charge in [-0.1, -0.05) is 96.1 Å². The van der Waals surface area contributed by atoms with Crippen molar-refractivity contribution < 1.29 is 91.8 Å². The molecule has 369 valence electrons. The van der Waals surface area contributed by atoms with E-state index >= 15 is 0 Å². The molecule has 0 aliphatic rings. The van der Waals surface area contributed by atoms with Crippen molar-refractivity contribution in [1.29, 1.82) is 0 Å². The first-order valence-corrected chi connectivity index (χ1v) is 21.0. The standard InChI is InChI=1S/C23H16FN2.C12H8F2NO.C11H6F2N.C11H7FN.3Ir/c24-19-13-11-18(12-14-19)23-17-22(15-16-25-23)26(20-7-3-1-4-8-20)21-9-5-2-6-10-21;13-9-1-2-10(11(14)6-9)12-5-8(7-16)3-4-15-12;12-8-4-5-9(10(13)7-8)11-3-1-2-6-14-11;12-10-6-4-9(5-7-10)11-3-1-2-8-13-11;;;/h1-11,13-17H;1,3-6,16H,7H2;1-4,6-7H;1-4,6-8H;;;/q4*-1;;;. The van der Waals surface area contributed by atoms with Crippen LogP contribution in [0.4, 0.5) is 43.4 Å². The molecule has 0 saturated heterocycles. The monoisotopic (exact) mass is 1500 g/mol. The molecule has 1 N–H and O–H groups in total. The Hall–Kier alpha value is -6.79. The molecule has 4 aromatic heterocycles. The van der Waals surface area contributed by atoms with Crippen LogP contribution in [0, 0.1) is 59.2 Å². The Morgan fingerprint density at radius 3 is 1.29 bits per heavy atom. The van der Waals surface area contributed by atoms with Crippen LogP contribution in [0.1, 0.15) is 5.56 Å². The minimum absolute atomic E-state index is 0. The molecular weight excluding hydrogens is 1460 g/mol. The zero-order valence-corrected chi connectivity index (χ0v) is 44.5. The zero-order chi connectivity index (χ0) is 48.4. The summed E-state index contributed by atoms with van der Waals surface area (Å²) in [6, 6.07) is 61.4. The second-order valence-electron chi connectivity index (χ2n) is 14.5. The molecule has 72 heavy (non-hydrogen) atoms. The quantitative estimate of drug-likeness (QED) is 0.121. The summed E-state index contributed by atoms with van der Waals surface area (Å²) in [6.45, 7) is -0.154. The van der Waals surface area contributed by atoms with Crippen molar-refractivity contribution in [2.75, 3.05) is 4.90 Å². The maximum absolute atomic E-state index is 13.4. The summed E-state index contributed by atoms with van der Waals surface area (Å²) in [5.74, 6) is -3.27. The second-order valence-corrected chi connectivity index (χ2v) is 14.5. The molecule has 4 heterocycles. The van der Waals surface area contributed by atoms with E-state index in [0.717, 1.165) is 63.8 Å². The number of benzene rings is 6. The normalized spacial score (nSPS) is 9.88. The number of anilines is 3. The fourth-order valence-corrected chi connectivity index (χ4v) is 6.46. The van der Waals surface area contributed by atoms with Crippen LogP contribution in [0.5, 0.6) is 0 Å². The molecular formula is C57H37F6Ir3N5O-4. The molecule has 6 aromatic carbocycles. The molecule has 0 fully saturated rings. The number of rotatable bonds is 8. The number of hydrogen-bond acceptors (Lipinski definition) is 6. The van der Waals surface area contributed by atoms with E-state index in [1.54, 1.807) is 55.0 Å². The SMILES string of the molecule is Fc1c[c-]c(-c2cc(N(c3ccccc3)c3ccccc3)ccn2)cc1.Fc1c[c-]c(-c2ccccn2)c(F)c1.Fc1c[c-]c(-c2ccccn2)cc1.OCc1ccnc(-c2[c-]cc(F)cc2F)c1.[Ir].[Ir].[Ir]. The maximum Gasteiger partial charge on any atom is 0.0675 e. The number of aromatic nitrogens is 4. The molecule has 0 aliphatic carbocycles. The van der Waals surface area contributed by atoms with Gasteiger partial charge in [-0.2, -0.15) is 0 Å². The Morgan fingerprint density at radius 1 is 0.375 bits per heavy atom. The van der Waals surface area contributed by atoms with Crippen molar-refractivity contribution in [2.24, 2.45) is 0 Å². The Morgan fingerprint density at radius 2 is 0.819 bits per heavy atom. The van der Waals surface area contributed by atoms with E-state index in [1.165, 1.54) is 36.5 Å². The van der Waals surface area contributed by atoms with Gasteiger partial charge in [-0.25, -0.2) is 0 Å². The number of aliphatic hydroxyl groups is 1. The van der Waals surface area contributed by atoms with E-state index in [0.29, 0.717) is 17.0 Å². The fraction of sp³-hybridized carbons (Fsp3) is 0.0175. The number of hydrogen-bond donors (Lipinski definition) is 1. The number of halogens is 6.